The van der Waals surface area contributed by atoms with Gasteiger partial charge in [-0.05, 0) is 12.5 Å². The molecular formula is C12H16N2O4. The quantitative estimate of drug-likeness (QED) is 0.817. The topological polar surface area (TPSA) is 79.7 Å². The fraction of sp³-hybridized carbons (Fsp3) is 0.417. The molecule has 1 aromatic heterocycles. The highest BCUT2D eigenvalue weighted by Crippen LogP contribution is 2.09. The van der Waals surface area contributed by atoms with Gasteiger partial charge in [0.15, 0.2) is 0 Å². The number of carbonyl (C=O) groups is 2. The SMILES string of the molecule is CCCN(CC(=O)O)C(=O)c1ccc(OC)nc1. The van der Waals surface area contributed by atoms with Crippen LogP contribution in [0.3, 0.4) is 0 Å². The summed E-state index contributed by atoms with van der Waals surface area (Å²) in [4.78, 5) is 27.9. The number of amides is 1. The van der Waals surface area contributed by atoms with Crippen LogP contribution in [0.2, 0.25) is 0 Å². The van der Waals surface area contributed by atoms with Crippen LogP contribution in [0.15, 0.2) is 18.3 Å². The summed E-state index contributed by atoms with van der Waals surface area (Å²) >= 11 is 0. The van der Waals surface area contributed by atoms with E-state index in [4.69, 9.17) is 9.84 Å². The van der Waals surface area contributed by atoms with Gasteiger partial charge in [-0.2, -0.15) is 0 Å². The Balaban J connectivity index is 2.83. The van der Waals surface area contributed by atoms with Crippen molar-refractivity contribution >= 4 is 11.9 Å². The van der Waals surface area contributed by atoms with Crippen molar-refractivity contribution in [3.8, 4) is 5.88 Å². The summed E-state index contributed by atoms with van der Waals surface area (Å²) in [6.45, 7) is 1.98. The molecule has 0 atom stereocenters. The van der Waals surface area contributed by atoms with Gasteiger partial charge in [0.05, 0.1) is 12.7 Å². The molecule has 0 radical (unpaired) electrons. The van der Waals surface area contributed by atoms with Crippen molar-refractivity contribution in [2.45, 2.75) is 13.3 Å². The third-order valence-corrected chi connectivity index (χ3v) is 2.30. The van der Waals surface area contributed by atoms with E-state index in [9.17, 15) is 9.59 Å². The Morgan fingerprint density at radius 2 is 2.17 bits per heavy atom. The van der Waals surface area contributed by atoms with E-state index in [1.165, 1.54) is 18.2 Å². The maximum Gasteiger partial charge on any atom is 0.323 e. The molecule has 0 aliphatic heterocycles. The minimum atomic E-state index is -1.03. The molecule has 0 aromatic carbocycles. The summed E-state index contributed by atoms with van der Waals surface area (Å²) in [6, 6.07) is 3.14. The molecule has 1 heterocycles. The average molecular weight is 252 g/mol. The first-order valence-electron chi connectivity index (χ1n) is 5.59. The number of carbonyl (C=O) groups excluding carboxylic acids is 1. The molecule has 0 fully saturated rings. The maximum absolute atomic E-state index is 12.1. The molecule has 1 rings (SSSR count). The molecule has 0 saturated carbocycles. The highest BCUT2D eigenvalue weighted by atomic mass is 16.5. The lowest BCUT2D eigenvalue weighted by molar-refractivity contribution is -0.137. The number of hydrogen-bond donors (Lipinski definition) is 1. The first kappa shape index (κ1) is 14.0. The lowest BCUT2D eigenvalue weighted by Crippen LogP contribution is -2.36. The number of aliphatic carboxylic acids is 1. The number of methoxy groups -OCH3 is 1. The molecule has 0 aliphatic carbocycles. The van der Waals surface area contributed by atoms with Crippen LogP contribution in [0.5, 0.6) is 5.88 Å². The summed E-state index contributed by atoms with van der Waals surface area (Å²) in [5.74, 6) is -0.959. The van der Waals surface area contributed by atoms with E-state index in [0.717, 1.165) is 0 Å². The van der Waals surface area contributed by atoms with Crippen LogP contribution in [0.25, 0.3) is 0 Å². The Labute approximate surface area is 105 Å². The lowest BCUT2D eigenvalue weighted by Gasteiger charge is -2.19. The molecule has 1 N–H and O–H groups in total. The van der Waals surface area contributed by atoms with Gasteiger partial charge in [0.1, 0.15) is 6.54 Å². The molecule has 1 aromatic rings. The summed E-state index contributed by atoms with van der Waals surface area (Å²) < 4.78 is 4.89. The van der Waals surface area contributed by atoms with Gasteiger partial charge in [-0.15, -0.1) is 0 Å². The van der Waals surface area contributed by atoms with E-state index >= 15 is 0 Å². The number of aromatic nitrogens is 1. The van der Waals surface area contributed by atoms with E-state index < -0.39 is 5.97 Å². The van der Waals surface area contributed by atoms with Gasteiger partial charge in [0, 0.05) is 18.8 Å². The van der Waals surface area contributed by atoms with Crippen molar-refractivity contribution < 1.29 is 19.4 Å². The zero-order chi connectivity index (χ0) is 13.5. The van der Waals surface area contributed by atoms with Crippen molar-refractivity contribution in [3.63, 3.8) is 0 Å². The molecule has 0 bridgehead atoms. The van der Waals surface area contributed by atoms with Gasteiger partial charge in [0.25, 0.3) is 5.91 Å². The first-order chi connectivity index (χ1) is 8.58. The molecule has 1 amide bonds. The second kappa shape index (κ2) is 6.58. The second-order valence-electron chi connectivity index (χ2n) is 3.71. The molecule has 6 heteroatoms. The Morgan fingerprint density at radius 1 is 1.44 bits per heavy atom. The van der Waals surface area contributed by atoms with Gasteiger partial charge in [-0.25, -0.2) is 4.98 Å². The van der Waals surface area contributed by atoms with Crippen molar-refractivity contribution in [1.29, 1.82) is 0 Å². The van der Waals surface area contributed by atoms with Crippen LogP contribution in [-0.2, 0) is 4.79 Å². The standard InChI is InChI=1S/C12H16N2O4/c1-3-6-14(8-11(15)16)12(17)9-4-5-10(18-2)13-7-9/h4-5,7H,3,6,8H2,1-2H3,(H,15,16). The first-order valence-corrected chi connectivity index (χ1v) is 5.59. The van der Waals surface area contributed by atoms with Crippen LogP contribution in [0.1, 0.15) is 23.7 Å². The number of rotatable bonds is 6. The highest BCUT2D eigenvalue weighted by Gasteiger charge is 2.17. The number of carboxylic acids is 1. The lowest BCUT2D eigenvalue weighted by atomic mass is 10.2. The predicted molar refractivity (Wildman–Crippen MR) is 64.6 cm³/mol. The highest BCUT2D eigenvalue weighted by molar-refractivity contribution is 5.95. The smallest absolute Gasteiger partial charge is 0.323 e. The second-order valence-corrected chi connectivity index (χ2v) is 3.71. The molecule has 0 saturated heterocycles. The fourth-order valence-electron chi connectivity index (χ4n) is 1.50. The summed E-state index contributed by atoms with van der Waals surface area (Å²) in [5, 5.41) is 8.76. The van der Waals surface area contributed by atoms with Crippen molar-refractivity contribution in [1.82, 2.24) is 9.88 Å². The average Bonchev–Trinajstić information content (AvgIpc) is 2.37. The molecule has 98 valence electrons. The van der Waals surface area contributed by atoms with Gasteiger partial charge in [-0.3, -0.25) is 9.59 Å². The van der Waals surface area contributed by atoms with E-state index in [0.29, 0.717) is 24.4 Å². The van der Waals surface area contributed by atoms with Crippen molar-refractivity contribution in [2.75, 3.05) is 20.2 Å². The fourth-order valence-corrected chi connectivity index (χ4v) is 1.50. The van der Waals surface area contributed by atoms with Crippen LogP contribution in [-0.4, -0.2) is 47.1 Å². The Bertz CT molecular complexity index is 417. The van der Waals surface area contributed by atoms with Gasteiger partial charge in [0.2, 0.25) is 5.88 Å². The monoisotopic (exact) mass is 252 g/mol. The number of nitrogens with zero attached hydrogens (tertiary/aromatic N) is 2. The number of carboxylic acid groups (broad SMARTS) is 1. The summed E-state index contributed by atoms with van der Waals surface area (Å²) in [7, 11) is 1.48. The molecule has 0 spiro atoms. The van der Waals surface area contributed by atoms with Gasteiger partial charge >= 0.3 is 5.97 Å². The van der Waals surface area contributed by atoms with E-state index in [2.05, 4.69) is 4.98 Å². The Morgan fingerprint density at radius 3 is 2.61 bits per heavy atom. The van der Waals surface area contributed by atoms with E-state index in [1.807, 2.05) is 6.92 Å². The van der Waals surface area contributed by atoms with Crippen molar-refractivity contribution in [3.05, 3.63) is 23.9 Å². The third-order valence-electron chi connectivity index (χ3n) is 2.30. The summed E-state index contributed by atoms with van der Waals surface area (Å²) in [5.41, 5.74) is 0.352. The molecule has 6 nitrogen and oxygen atoms in total. The van der Waals surface area contributed by atoms with E-state index in [1.54, 1.807) is 12.1 Å². The minimum Gasteiger partial charge on any atom is -0.481 e. The Kier molecular flexibility index (Phi) is 5.10. The number of ether oxygens (including phenoxy) is 1. The Hall–Kier alpha value is -2.11. The number of hydrogen-bond acceptors (Lipinski definition) is 4. The van der Waals surface area contributed by atoms with Gasteiger partial charge in [-0.1, -0.05) is 6.92 Å². The zero-order valence-electron chi connectivity index (χ0n) is 10.4. The molecule has 0 aliphatic rings. The predicted octanol–water partition coefficient (Wildman–Crippen LogP) is 1.03. The largest absolute Gasteiger partial charge is 0.481 e. The minimum absolute atomic E-state index is 0.307. The summed E-state index contributed by atoms with van der Waals surface area (Å²) in [6.07, 6.45) is 2.08. The third kappa shape index (κ3) is 3.73. The molecule has 0 unspecified atom stereocenters. The van der Waals surface area contributed by atoms with Gasteiger partial charge < -0.3 is 14.7 Å². The molecule has 18 heavy (non-hydrogen) atoms. The number of pyridine rings is 1. The van der Waals surface area contributed by atoms with Crippen LogP contribution >= 0.6 is 0 Å². The molecular weight excluding hydrogens is 236 g/mol. The zero-order valence-corrected chi connectivity index (χ0v) is 10.4. The maximum atomic E-state index is 12.1. The van der Waals surface area contributed by atoms with Crippen molar-refractivity contribution in [2.24, 2.45) is 0 Å². The normalized spacial score (nSPS) is 9.89. The van der Waals surface area contributed by atoms with Crippen LogP contribution in [0, 0.1) is 0 Å². The van der Waals surface area contributed by atoms with Crippen LogP contribution in [0.4, 0.5) is 0 Å². The van der Waals surface area contributed by atoms with E-state index in [-0.39, 0.29) is 12.5 Å². The van der Waals surface area contributed by atoms with Crippen LogP contribution < -0.4 is 4.74 Å².